The van der Waals surface area contributed by atoms with Crippen LogP contribution in [0.3, 0.4) is 0 Å². The standard InChI is InChI=1S/C17H26O2S/c1-3-16(12-8-9-13-17(18)19-4-2)20-14-15-10-6-5-7-11-15/h5-7,10-11,16H,3-4,8-9,12-14H2,1-2H3. The number of benzene rings is 1. The van der Waals surface area contributed by atoms with Crippen LogP contribution >= 0.6 is 11.8 Å². The van der Waals surface area contributed by atoms with Gasteiger partial charge in [-0.3, -0.25) is 4.79 Å². The molecular formula is C17H26O2S. The topological polar surface area (TPSA) is 26.3 Å². The van der Waals surface area contributed by atoms with E-state index < -0.39 is 0 Å². The van der Waals surface area contributed by atoms with Crippen molar-refractivity contribution < 1.29 is 9.53 Å². The first kappa shape index (κ1) is 17.1. The van der Waals surface area contributed by atoms with Gasteiger partial charge in [0.15, 0.2) is 0 Å². The zero-order chi connectivity index (χ0) is 14.6. The number of hydrogen-bond acceptors (Lipinski definition) is 3. The summed E-state index contributed by atoms with van der Waals surface area (Å²) in [4.78, 5) is 11.2. The van der Waals surface area contributed by atoms with E-state index in [2.05, 4.69) is 37.3 Å². The molecule has 0 heterocycles. The molecule has 2 nitrogen and oxygen atoms in total. The normalized spacial score (nSPS) is 12.1. The molecule has 1 rings (SSSR count). The monoisotopic (exact) mass is 294 g/mol. The molecule has 0 aliphatic rings. The summed E-state index contributed by atoms with van der Waals surface area (Å²) < 4.78 is 4.94. The molecule has 0 saturated carbocycles. The number of carbonyl (C=O) groups is 1. The van der Waals surface area contributed by atoms with E-state index in [1.807, 2.05) is 18.7 Å². The zero-order valence-electron chi connectivity index (χ0n) is 12.6. The van der Waals surface area contributed by atoms with Crippen molar-refractivity contribution in [3.8, 4) is 0 Å². The Hall–Kier alpha value is -0.960. The lowest BCUT2D eigenvalue weighted by molar-refractivity contribution is -0.143. The van der Waals surface area contributed by atoms with E-state index in [9.17, 15) is 4.79 Å². The second kappa shape index (κ2) is 10.8. The van der Waals surface area contributed by atoms with Gasteiger partial charge >= 0.3 is 5.97 Å². The summed E-state index contributed by atoms with van der Waals surface area (Å²) >= 11 is 2.03. The first-order valence-corrected chi connectivity index (χ1v) is 8.62. The average Bonchev–Trinajstić information content (AvgIpc) is 2.48. The van der Waals surface area contributed by atoms with Gasteiger partial charge in [-0.15, -0.1) is 0 Å². The van der Waals surface area contributed by atoms with Crippen LogP contribution in [0, 0.1) is 0 Å². The van der Waals surface area contributed by atoms with Crippen LogP contribution < -0.4 is 0 Å². The predicted molar refractivity (Wildman–Crippen MR) is 86.9 cm³/mol. The fourth-order valence-electron chi connectivity index (χ4n) is 2.07. The minimum absolute atomic E-state index is 0.0579. The minimum Gasteiger partial charge on any atom is -0.466 e. The fraction of sp³-hybridized carbons (Fsp3) is 0.588. The molecule has 3 heteroatoms. The van der Waals surface area contributed by atoms with Crippen molar-refractivity contribution in [2.45, 2.75) is 57.0 Å². The van der Waals surface area contributed by atoms with Gasteiger partial charge in [0.1, 0.15) is 0 Å². The van der Waals surface area contributed by atoms with Crippen LogP contribution in [0.1, 0.15) is 51.5 Å². The van der Waals surface area contributed by atoms with E-state index in [1.165, 1.54) is 18.4 Å². The number of thioether (sulfide) groups is 1. The molecule has 1 aromatic rings. The summed E-state index contributed by atoms with van der Waals surface area (Å²) in [5.74, 6) is 1.02. The van der Waals surface area contributed by atoms with Crippen LogP contribution in [0.25, 0.3) is 0 Å². The second-order valence-electron chi connectivity index (χ2n) is 4.88. The van der Waals surface area contributed by atoms with Crippen molar-refractivity contribution in [3.05, 3.63) is 35.9 Å². The SMILES string of the molecule is CCOC(=O)CCCCC(CC)SCc1ccccc1. The van der Waals surface area contributed by atoms with Crippen LogP contribution in [0.15, 0.2) is 30.3 Å². The van der Waals surface area contributed by atoms with Crippen molar-refractivity contribution in [1.82, 2.24) is 0 Å². The lowest BCUT2D eigenvalue weighted by Gasteiger charge is -2.14. The Morgan fingerprint density at radius 3 is 2.60 bits per heavy atom. The summed E-state index contributed by atoms with van der Waals surface area (Å²) in [5.41, 5.74) is 1.39. The Kier molecular flexibility index (Phi) is 9.22. The van der Waals surface area contributed by atoms with Crippen molar-refractivity contribution in [2.24, 2.45) is 0 Å². The van der Waals surface area contributed by atoms with Crippen molar-refractivity contribution in [2.75, 3.05) is 6.61 Å². The van der Waals surface area contributed by atoms with Gasteiger partial charge in [0.25, 0.3) is 0 Å². The van der Waals surface area contributed by atoms with Gasteiger partial charge in [0.2, 0.25) is 0 Å². The van der Waals surface area contributed by atoms with Crippen molar-refractivity contribution >= 4 is 17.7 Å². The van der Waals surface area contributed by atoms with Crippen molar-refractivity contribution in [1.29, 1.82) is 0 Å². The van der Waals surface area contributed by atoms with Gasteiger partial charge in [0.05, 0.1) is 6.61 Å². The maximum atomic E-state index is 11.2. The average molecular weight is 294 g/mol. The summed E-state index contributed by atoms with van der Waals surface area (Å²) in [7, 11) is 0. The highest BCUT2D eigenvalue weighted by molar-refractivity contribution is 7.99. The van der Waals surface area contributed by atoms with Gasteiger partial charge in [-0.25, -0.2) is 0 Å². The maximum absolute atomic E-state index is 11.2. The predicted octanol–water partition coefficient (Wildman–Crippen LogP) is 4.82. The van der Waals surface area contributed by atoms with Crippen LogP contribution in [0.5, 0.6) is 0 Å². The minimum atomic E-state index is -0.0579. The lowest BCUT2D eigenvalue weighted by atomic mass is 10.1. The van der Waals surface area contributed by atoms with E-state index in [-0.39, 0.29) is 5.97 Å². The number of carbonyl (C=O) groups excluding carboxylic acids is 1. The fourth-order valence-corrected chi connectivity index (χ4v) is 3.26. The number of ether oxygens (including phenoxy) is 1. The molecular weight excluding hydrogens is 268 g/mol. The maximum Gasteiger partial charge on any atom is 0.305 e. The Labute approximate surface area is 127 Å². The number of rotatable bonds is 10. The van der Waals surface area contributed by atoms with Crippen LogP contribution in [0.4, 0.5) is 0 Å². The Balaban J connectivity index is 2.15. The first-order chi connectivity index (χ1) is 9.76. The molecule has 0 aliphatic heterocycles. The van der Waals surface area contributed by atoms with Gasteiger partial charge in [0, 0.05) is 17.4 Å². The Morgan fingerprint density at radius 1 is 1.20 bits per heavy atom. The number of hydrogen-bond donors (Lipinski definition) is 0. The van der Waals surface area contributed by atoms with E-state index in [4.69, 9.17) is 4.74 Å². The second-order valence-corrected chi connectivity index (χ2v) is 6.17. The number of unbranched alkanes of at least 4 members (excludes halogenated alkanes) is 1. The third-order valence-corrected chi connectivity index (χ3v) is 4.79. The van der Waals surface area contributed by atoms with Crippen LogP contribution in [0.2, 0.25) is 0 Å². The molecule has 1 aromatic carbocycles. The van der Waals surface area contributed by atoms with Gasteiger partial charge in [-0.05, 0) is 31.7 Å². The van der Waals surface area contributed by atoms with E-state index in [1.54, 1.807) is 0 Å². The van der Waals surface area contributed by atoms with Gasteiger partial charge in [-0.1, -0.05) is 43.7 Å². The van der Waals surface area contributed by atoms with Crippen molar-refractivity contribution in [3.63, 3.8) is 0 Å². The Morgan fingerprint density at radius 2 is 1.95 bits per heavy atom. The largest absolute Gasteiger partial charge is 0.466 e. The third-order valence-electron chi connectivity index (χ3n) is 3.25. The number of esters is 1. The van der Waals surface area contributed by atoms with E-state index in [0.29, 0.717) is 18.3 Å². The van der Waals surface area contributed by atoms with E-state index >= 15 is 0 Å². The first-order valence-electron chi connectivity index (χ1n) is 7.57. The van der Waals surface area contributed by atoms with Gasteiger partial charge < -0.3 is 4.74 Å². The summed E-state index contributed by atoms with van der Waals surface area (Å²) in [6.07, 6.45) is 5.00. The molecule has 0 spiro atoms. The quantitative estimate of drug-likeness (QED) is 0.457. The summed E-state index contributed by atoms with van der Waals surface area (Å²) in [5, 5.41) is 0.692. The molecule has 112 valence electrons. The molecule has 0 fully saturated rings. The van der Waals surface area contributed by atoms with Gasteiger partial charge in [-0.2, -0.15) is 11.8 Å². The summed E-state index contributed by atoms with van der Waals surface area (Å²) in [6, 6.07) is 10.6. The highest BCUT2D eigenvalue weighted by Crippen LogP contribution is 2.24. The van der Waals surface area contributed by atoms with Crippen LogP contribution in [-0.4, -0.2) is 17.8 Å². The molecule has 0 N–H and O–H groups in total. The molecule has 0 amide bonds. The smallest absolute Gasteiger partial charge is 0.305 e. The molecule has 0 radical (unpaired) electrons. The Bertz CT molecular complexity index is 365. The molecule has 0 aromatic heterocycles. The molecule has 1 atom stereocenters. The molecule has 0 saturated heterocycles. The zero-order valence-corrected chi connectivity index (χ0v) is 13.5. The van der Waals surface area contributed by atoms with E-state index in [0.717, 1.165) is 18.6 Å². The van der Waals surface area contributed by atoms with Crippen LogP contribution in [-0.2, 0) is 15.3 Å². The molecule has 0 aliphatic carbocycles. The molecule has 1 unspecified atom stereocenters. The molecule has 20 heavy (non-hydrogen) atoms. The highest BCUT2D eigenvalue weighted by Gasteiger charge is 2.08. The molecule has 0 bridgehead atoms. The highest BCUT2D eigenvalue weighted by atomic mass is 32.2. The summed E-state index contributed by atoms with van der Waals surface area (Å²) in [6.45, 7) is 4.59. The lowest BCUT2D eigenvalue weighted by Crippen LogP contribution is -2.05. The third kappa shape index (κ3) is 7.59.